The van der Waals surface area contributed by atoms with Gasteiger partial charge in [-0.2, -0.15) is 0 Å². The molecule has 0 aromatic heterocycles. The number of ether oxygens (including phenoxy) is 1. The normalized spacial score (nSPS) is 48.0. The van der Waals surface area contributed by atoms with Crippen LogP contribution >= 0.6 is 0 Å². The average Bonchev–Trinajstić information content (AvgIpc) is 2.10. The molecule has 10 heavy (non-hydrogen) atoms. The predicted molar refractivity (Wildman–Crippen MR) is 32.3 cm³/mol. The zero-order valence-corrected chi connectivity index (χ0v) is 5.75. The maximum absolute atomic E-state index is 13.0. The summed E-state index contributed by atoms with van der Waals surface area (Å²) in [4.78, 5) is 0. The highest BCUT2D eigenvalue weighted by molar-refractivity contribution is 4.93. The summed E-state index contributed by atoms with van der Waals surface area (Å²) in [6.45, 7) is 0.785. The standard InChI is InChI=1S/C6H11FO3/c1-6(7)3-10-4(2-8)5(6)9/h4-5,8-9H,2-3H2,1H3/t4-,5-,6?/m1/s1. The van der Waals surface area contributed by atoms with E-state index in [1.165, 1.54) is 6.92 Å². The van der Waals surface area contributed by atoms with Crippen LogP contribution in [0.5, 0.6) is 0 Å². The number of alkyl halides is 1. The summed E-state index contributed by atoms with van der Waals surface area (Å²) in [5, 5.41) is 17.6. The van der Waals surface area contributed by atoms with Crippen molar-refractivity contribution in [2.24, 2.45) is 0 Å². The first-order valence-electron chi connectivity index (χ1n) is 3.17. The molecule has 0 bridgehead atoms. The van der Waals surface area contributed by atoms with Crippen molar-refractivity contribution >= 4 is 0 Å². The van der Waals surface area contributed by atoms with E-state index in [0.717, 1.165) is 0 Å². The third-order valence-corrected chi connectivity index (χ3v) is 1.73. The Labute approximate surface area is 58.4 Å². The van der Waals surface area contributed by atoms with Gasteiger partial charge >= 0.3 is 0 Å². The largest absolute Gasteiger partial charge is 0.394 e. The topological polar surface area (TPSA) is 49.7 Å². The summed E-state index contributed by atoms with van der Waals surface area (Å²) in [7, 11) is 0. The molecular formula is C6H11FO3. The van der Waals surface area contributed by atoms with Gasteiger partial charge in [0.05, 0.1) is 13.2 Å². The predicted octanol–water partition coefficient (Wildman–Crippen LogP) is -0.533. The number of hydrogen-bond donors (Lipinski definition) is 2. The molecule has 0 aliphatic carbocycles. The second-order valence-corrected chi connectivity index (χ2v) is 2.75. The number of hydrogen-bond acceptors (Lipinski definition) is 3. The smallest absolute Gasteiger partial charge is 0.159 e. The third-order valence-electron chi connectivity index (χ3n) is 1.73. The number of aliphatic hydroxyl groups excluding tert-OH is 2. The second kappa shape index (κ2) is 2.45. The van der Waals surface area contributed by atoms with Gasteiger partial charge in [-0.1, -0.05) is 0 Å². The molecular weight excluding hydrogens is 139 g/mol. The van der Waals surface area contributed by atoms with Gasteiger partial charge in [0.25, 0.3) is 0 Å². The molecule has 1 rings (SSSR count). The van der Waals surface area contributed by atoms with E-state index in [4.69, 9.17) is 14.9 Å². The van der Waals surface area contributed by atoms with Crippen LogP contribution < -0.4 is 0 Å². The van der Waals surface area contributed by atoms with Crippen molar-refractivity contribution in [1.82, 2.24) is 0 Å². The van der Waals surface area contributed by atoms with E-state index >= 15 is 0 Å². The number of halogens is 1. The number of aliphatic hydroxyl groups is 2. The lowest BCUT2D eigenvalue weighted by molar-refractivity contribution is -0.00983. The molecule has 0 saturated carbocycles. The van der Waals surface area contributed by atoms with Gasteiger partial charge in [0.15, 0.2) is 5.67 Å². The maximum atomic E-state index is 13.0. The molecule has 1 aliphatic rings. The van der Waals surface area contributed by atoms with E-state index in [2.05, 4.69) is 0 Å². The summed E-state index contributed by atoms with van der Waals surface area (Å²) in [5.74, 6) is 0. The van der Waals surface area contributed by atoms with Crippen LogP contribution in [0.2, 0.25) is 0 Å². The summed E-state index contributed by atoms with van der Waals surface area (Å²) in [5.41, 5.74) is -1.70. The van der Waals surface area contributed by atoms with Gasteiger partial charge in [0.2, 0.25) is 0 Å². The fraction of sp³-hybridized carbons (Fsp3) is 1.00. The van der Waals surface area contributed by atoms with E-state index < -0.39 is 17.9 Å². The Bertz CT molecular complexity index is 126. The van der Waals surface area contributed by atoms with Crippen molar-refractivity contribution in [2.75, 3.05) is 13.2 Å². The molecule has 1 unspecified atom stereocenters. The van der Waals surface area contributed by atoms with E-state index in [9.17, 15) is 4.39 Å². The minimum atomic E-state index is -1.70. The van der Waals surface area contributed by atoms with Gasteiger partial charge in [-0.25, -0.2) is 4.39 Å². The monoisotopic (exact) mass is 150 g/mol. The summed E-state index contributed by atoms with van der Waals surface area (Å²) in [6.07, 6.45) is -1.95. The fourth-order valence-corrected chi connectivity index (χ4v) is 0.987. The molecule has 1 aliphatic heterocycles. The zero-order chi connectivity index (χ0) is 7.78. The Morgan fingerprint density at radius 1 is 1.80 bits per heavy atom. The van der Waals surface area contributed by atoms with E-state index in [0.29, 0.717) is 0 Å². The maximum Gasteiger partial charge on any atom is 0.159 e. The molecule has 1 saturated heterocycles. The first-order valence-corrected chi connectivity index (χ1v) is 3.17. The van der Waals surface area contributed by atoms with Crippen molar-refractivity contribution in [3.63, 3.8) is 0 Å². The molecule has 0 radical (unpaired) electrons. The highest BCUT2D eigenvalue weighted by Crippen LogP contribution is 2.27. The van der Waals surface area contributed by atoms with Crippen LogP contribution in [-0.2, 0) is 4.74 Å². The van der Waals surface area contributed by atoms with Crippen molar-refractivity contribution in [3.05, 3.63) is 0 Å². The average molecular weight is 150 g/mol. The summed E-state index contributed by atoms with van der Waals surface area (Å²) < 4.78 is 17.7. The molecule has 0 spiro atoms. The van der Waals surface area contributed by atoms with E-state index in [1.807, 2.05) is 0 Å². The van der Waals surface area contributed by atoms with Crippen LogP contribution in [0.4, 0.5) is 4.39 Å². The third kappa shape index (κ3) is 1.14. The zero-order valence-electron chi connectivity index (χ0n) is 5.75. The first-order chi connectivity index (χ1) is 4.58. The van der Waals surface area contributed by atoms with Crippen LogP contribution in [0.3, 0.4) is 0 Å². The summed E-state index contributed by atoms with van der Waals surface area (Å²) >= 11 is 0. The van der Waals surface area contributed by atoms with Crippen molar-refractivity contribution in [1.29, 1.82) is 0 Å². The molecule has 4 heteroatoms. The Kier molecular flexibility index (Phi) is 1.94. The van der Waals surface area contributed by atoms with Gasteiger partial charge in [-0.05, 0) is 6.92 Å². The highest BCUT2D eigenvalue weighted by Gasteiger charge is 2.45. The van der Waals surface area contributed by atoms with Gasteiger partial charge in [0.1, 0.15) is 12.2 Å². The van der Waals surface area contributed by atoms with Crippen LogP contribution in [-0.4, -0.2) is 41.3 Å². The SMILES string of the molecule is CC1(F)CO[C@H](CO)[C@H]1O. The molecule has 1 fully saturated rings. The number of rotatable bonds is 1. The molecule has 3 nitrogen and oxygen atoms in total. The molecule has 0 aromatic rings. The molecule has 0 amide bonds. The molecule has 3 atom stereocenters. The van der Waals surface area contributed by atoms with Gasteiger partial charge in [0, 0.05) is 0 Å². The lowest BCUT2D eigenvalue weighted by Gasteiger charge is -2.17. The molecule has 1 heterocycles. The first kappa shape index (κ1) is 7.91. The quantitative estimate of drug-likeness (QED) is 0.528. The molecule has 0 aromatic carbocycles. The molecule has 2 N–H and O–H groups in total. The van der Waals surface area contributed by atoms with E-state index in [1.54, 1.807) is 0 Å². The Morgan fingerprint density at radius 2 is 2.40 bits per heavy atom. The van der Waals surface area contributed by atoms with Crippen LogP contribution in [0, 0.1) is 0 Å². The van der Waals surface area contributed by atoms with E-state index in [-0.39, 0.29) is 13.2 Å². The lowest BCUT2D eigenvalue weighted by Crippen LogP contribution is -2.38. The molecule has 60 valence electrons. The van der Waals surface area contributed by atoms with Crippen LogP contribution in [0.1, 0.15) is 6.92 Å². The Balaban J connectivity index is 2.58. The van der Waals surface area contributed by atoms with Crippen molar-refractivity contribution in [3.8, 4) is 0 Å². The lowest BCUT2D eigenvalue weighted by atomic mass is 10.0. The highest BCUT2D eigenvalue weighted by atomic mass is 19.1. The van der Waals surface area contributed by atoms with Gasteiger partial charge in [-0.15, -0.1) is 0 Å². The van der Waals surface area contributed by atoms with Gasteiger partial charge in [-0.3, -0.25) is 0 Å². The van der Waals surface area contributed by atoms with Crippen LogP contribution in [0.25, 0.3) is 0 Å². The fourth-order valence-electron chi connectivity index (χ4n) is 0.987. The minimum absolute atomic E-state index is 0.139. The van der Waals surface area contributed by atoms with Gasteiger partial charge < -0.3 is 14.9 Å². The second-order valence-electron chi connectivity index (χ2n) is 2.75. The summed E-state index contributed by atoms with van der Waals surface area (Å²) in [6, 6.07) is 0. The minimum Gasteiger partial charge on any atom is -0.394 e. The Hall–Kier alpha value is -0.190. The van der Waals surface area contributed by atoms with Crippen LogP contribution in [0.15, 0.2) is 0 Å². The Morgan fingerprint density at radius 3 is 2.60 bits per heavy atom. The van der Waals surface area contributed by atoms with Crippen molar-refractivity contribution in [2.45, 2.75) is 24.8 Å². The van der Waals surface area contributed by atoms with Crippen molar-refractivity contribution < 1.29 is 19.3 Å².